The lowest BCUT2D eigenvalue weighted by atomic mass is 9.86. The zero-order valence-corrected chi connectivity index (χ0v) is 11.8. The second kappa shape index (κ2) is 7.01. The molecule has 0 amide bonds. The summed E-state index contributed by atoms with van der Waals surface area (Å²) < 4.78 is 13.5. The molecule has 0 radical (unpaired) electrons. The summed E-state index contributed by atoms with van der Waals surface area (Å²) in [4.78, 5) is 2.33. The van der Waals surface area contributed by atoms with Gasteiger partial charge in [0.05, 0.1) is 0 Å². The predicted molar refractivity (Wildman–Crippen MR) is 77.5 cm³/mol. The molecule has 1 aromatic rings. The fraction of sp³-hybridized carbons (Fsp3) is 0.625. The van der Waals surface area contributed by atoms with E-state index in [1.165, 1.54) is 18.9 Å². The van der Waals surface area contributed by atoms with Crippen LogP contribution in [0.4, 0.5) is 4.39 Å². The quantitative estimate of drug-likeness (QED) is 0.886. The number of hydrogen-bond acceptors (Lipinski definition) is 2. The summed E-state index contributed by atoms with van der Waals surface area (Å²) in [6, 6.07) is 7.48. The van der Waals surface area contributed by atoms with E-state index >= 15 is 0 Å². The first-order valence-electron chi connectivity index (χ1n) is 7.32. The van der Waals surface area contributed by atoms with Crippen LogP contribution in [-0.4, -0.2) is 31.1 Å². The zero-order valence-electron chi connectivity index (χ0n) is 11.8. The average molecular weight is 264 g/mol. The molecule has 2 nitrogen and oxygen atoms in total. The third-order valence-corrected chi connectivity index (χ3v) is 4.18. The van der Waals surface area contributed by atoms with Crippen molar-refractivity contribution >= 4 is 0 Å². The van der Waals surface area contributed by atoms with Gasteiger partial charge in [-0.3, -0.25) is 0 Å². The fourth-order valence-corrected chi connectivity index (χ4v) is 2.92. The number of rotatable bonds is 5. The molecule has 0 aliphatic heterocycles. The van der Waals surface area contributed by atoms with E-state index in [1.54, 1.807) is 6.07 Å². The van der Waals surface area contributed by atoms with Crippen molar-refractivity contribution in [2.45, 2.75) is 38.1 Å². The molecule has 0 aromatic heterocycles. The third kappa shape index (κ3) is 4.59. The highest BCUT2D eigenvalue weighted by molar-refractivity contribution is 5.17. The number of likely N-dealkylation sites (N-methyl/N-ethyl adjacent to an activating group) is 1. The molecule has 0 unspecified atom stereocenters. The largest absolute Gasteiger partial charge is 0.328 e. The maximum absolute atomic E-state index is 13.5. The summed E-state index contributed by atoms with van der Waals surface area (Å²) in [6.45, 7) is 2.03. The Morgan fingerprint density at radius 1 is 1.21 bits per heavy atom. The normalized spacial score (nSPS) is 23.8. The molecule has 1 aliphatic rings. The molecule has 0 saturated heterocycles. The summed E-state index contributed by atoms with van der Waals surface area (Å²) >= 11 is 0. The van der Waals surface area contributed by atoms with Gasteiger partial charge in [-0.15, -0.1) is 0 Å². The molecule has 0 bridgehead atoms. The Kier molecular flexibility index (Phi) is 5.34. The van der Waals surface area contributed by atoms with Crippen LogP contribution >= 0.6 is 0 Å². The number of nitrogens with two attached hydrogens (primary N) is 1. The lowest BCUT2D eigenvalue weighted by Crippen LogP contribution is -2.33. The van der Waals surface area contributed by atoms with Crippen LogP contribution in [0.15, 0.2) is 24.3 Å². The molecule has 2 N–H and O–H groups in total. The van der Waals surface area contributed by atoms with Gasteiger partial charge >= 0.3 is 0 Å². The first-order valence-corrected chi connectivity index (χ1v) is 7.32. The number of halogens is 1. The highest BCUT2D eigenvalue weighted by Crippen LogP contribution is 2.23. The van der Waals surface area contributed by atoms with Crippen LogP contribution in [-0.2, 0) is 6.42 Å². The number of hydrogen-bond donors (Lipinski definition) is 1. The summed E-state index contributed by atoms with van der Waals surface area (Å²) in [5, 5.41) is 0. The Balaban J connectivity index is 1.73. The van der Waals surface area contributed by atoms with Crippen LogP contribution in [0.1, 0.15) is 31.2 Å². The maximum atomic E-state index is 13.5. The molecule has 1 saturated carbocycles. The van der Waals surface area contributed by atoms with Crippen molar-refractivity contribution in [2.75, 3.05) is 20.1 Å². The highest BCUT2D eigenvalue weighted by atomic mass is 19.1. The van der Waals surface area contributed by atoms with Crippen molar-refractivity contribution in [1.29, 1.82) is 0 Å². The van der Waals surface area contributed by atoms with E-state index in [-0.39, 0.29) is 5.82 Å². The number of benzene rings is 1. The molecule has 2 rings (SSSR count). The van der Waals surface area contributed by atoms with E-state index in [9.17, 15) is 4.39 Å². The monoisotopic (exact) mass is 264 g/mol. The van der Waals surface area contributed by atoms with Crippen LogP contribution in [0.3, 0.4) is 0 Å². The van der Waals surface area contributed by atoms with Gasteiger partial charge < -0.3 is 10.6 Å². The Morgan fingerprint density at radius 2 is 1.89 bits per heavy atom. The molecule has 0 heterocycles. The smallest absolute Gasteiger partial charge is 0.126 e. The average Bonchev–Trinajstić information content (AvgIpc) is 2.40. The van der Waals surface area contributed by atoms with Gasteiger partial charge in [-0.2, -0.15) is 0 Å². The van der Waals surface area contributed by atoms with E-state index in [0.29, 0.717) is 6.04 Å². The van der Waals surface area contributed by atoms with Gasteiger partial charge in [0, 0.05) is 19.1 Å². The van der Waals surface area contributed by atoms with Crippen molar-refractivity contribution in [3.63, 3.8) is 0 Å². The van der Waals surface area contributed by atoms with Crippen molar-refractivity contribution in [3.8, 4) is 0 Å². The SMILES string of the molecule is CN(CCc1ccccc1F)CC1CCC(N)CC1. The summed E-state index contributed by atoms with van der Waals surface area (Å²) in [7, 11) is 2.13. The Bertz CT molecular complexity index is 386. The molecule has 0 atom stereocenters. The van der Waals surface area contributed by atoms with E-state index in [1.807, 2.05) is 12.1 Å². The van der Waals surface area contributed by atoms with Gasteiger partial charge in [0.25, 0.3) is 0 Å². The van der Waals surface area contributed by atoms with Gasteiger partial charge in [0.2, 0.25) is 0 Å². The molecule has 19 heavy (non-hydrogen) atoms. The summed E-state index contributed by atoms with van der Waals surface area (Å²) in [6.07, 6.45) is 5.59. The van der Waals surface area contributed by atoms with Gasteiger partial charge in [0.15, 0.2) is 0 Å². The first-order chi connectivity index (χ1) is 9.15. The number of nitrogens with zero attached hydrogens (tertiary/aromatic N) is 1. The van der Waals surface area contributed by atoms with Gasteiger partial charge in [-0.05, 0) is 56.7 Å². The molecule has 1 aliphatic carbocycles. The van der Waals surface area contributed by atoms with Gasteiger partial charge in [0.1, 0.15) is 5.82 Å². The van der Waals surface area contributed by atoms with Crippen molar-refractivity contribution in [1.82, 2.24) is 4.90 Å². The minimum absolute atomic E-state index is 0.0838. The van der Waals surface area contributed by atoms with E-state index in [4.69, 9.17) is 5.73 Å². The molecule has 106 valence electrons. The lowest BCUT2D eigenvalue weighted by Gasteiger charge is -2.29. The minimum Gasteiger partial charge on any atom is -0.328 e. The second-order valence-electron chi connectivity index (χ2n) is 5.88. The predicted octanol–water partition coefficient (Wildman–Crippen LogP) is 2.82. The van der Waals surface area contributed by atoms with Gasteiger partial charge in [-0.1, -0.05) is 18.2 Å². The molecule has 0 spiro atoms. The topological polar surface area (TPSA) is 29.3 Å². The molecular formula is C16H25FN2. The molecule has 1 fully saturated rings. The van der Waals surface area contributed by atoms with Crippen LogP contribution in [0.2, 0.25) is 0 Å². The second-order valence-corrected chi connectivity index (χ2v) is 5.88. The standard InChI is InChI=1S/C16H25FN2/c1-19(12-13-6-8-15(18)9-7-13)11-10-14-4-2-3-5-16(14)17/h2-5,13,15H,6-12,18H2,1H3. The minimum atomic E-state index is -0.0838. The van der Waals surface area contributed by atoms with Crippen LogP contribution < -0.4 is 5.73 Å². The lowest BCUT2D eigenvalue weighted by molar-refractivity contribution is 0.225. The highest BCUT2D eigenvalue weighted by Gasteiger charge is 2.19. The maximum Gasteiger partial charge on any atom is 0.126 e. The molecule has 1 aromatic carbocycles. The summed E-state index contributed by atoms with van der Waals surface area (Å²) in [5.74, 6) is 0.685. The van der Waals surface area contributed by atoms with E-state index in [2.05, 4.69) is 11.9 Å². The van der Waals surface area contributed by atoms with Crippen molar-refractivity contribution in [2.24, 2.45) is 11.7 Å². The van der Waals surface area contributed by atoms with Crippen molar-refractivity contribution in [3.05, 3.63) is 35.6 Å². The fourth-order valence-electron chi connectivity index (χ4n) is 2.92. The van der Waals surface area contributed by atoms with E-state index in [0.717, 1.165) is 43.8 Å². The Morgan fingerprint density at radius 3 is 2.58 bits per heavy atom. The van der Waals surface area contributed by atoms with E-state index < -0.39 is 0 Å². The Hall–Kier alpha value is -0.930. The zero-order chi connectivity index (χ0) is 13.7. The Labute approximate surface area is 115 Å². The van der Waals surface area contributed by atoms with Crippen molar-refractivity contribution < 1.29 is 4.39 Å². The van der Waals surface area contributed by atoms with Crippen LogP contribution in [0, 0.1) is 11.7 Å². The third-order valence-electron chi connectivity index (χ3n) is 4.18. The first kappa shape index (κ1) is 14.5. The van der Waals surface area contributed by atoms with Gasteiger partial charge in [-0.25, -0.2) is 4.39 Å². The molecular weight excluding hydrogens is 239 g/mol. The van der Waals surface area contributed by atoms with Crippen LogP contribution in [0.25, 0.3) is 0 Å². The molecule has 3 heteroatoms. The summed E-state index contributed by atoms with van der Waals surface area (Å²) in [5.41, 5.74) is 6.74. The van der Waals surface area contributed by atoms with Crippen LogP contribution in [0.5, 0.6) is 0 Å².